The molecule has 1 atom stereocenters. The van der Waals surface area contributed by atoms with E-state index in [2.05, 4.69) is 18.2 Å². The van der Waals surface area contributed by atoms with Gasteiger partial charge < -0.3 is 10.1 Å². The monoisotopic (exact) mass is 223 g/mol. The highest BCUT2D eigenvalue weighted by atomic mass is 16.5. The summed E-state index contributed by atoms with van der Waals surface area (Å²) in [6.45, 7) is 3.19. The number of terminal acetylenes is 1. The Labute approximate surface area is 100 Å². The molecule has 0 aliphatic heterocycles. The molecule has 0 radical (unpaired) electrons. The molecule has 1 fully saturated rings. The number of unbranched alkanes of at least 4 members (excludes halogenated alkanes) is 1. The molecule has 2 nitrogen and oxygen atoms in total. The van der Waals surface area contributed by atoms with Crippen LogP contribution in [0.1, 0.15) is 51.9 Å². The first-order valence-electron chi connectivity index (χ1n) is 6.48. The average molecular weight is 223 g/mol. The van der Waals surface area contributed by atoms with Crippen LogP contribution in [0.2, 0.25) is 0 Å². The van der Waals surface area contributed by atoms with Gasteiger partial charge in [-0.2, -0.15) is 0 Å². The number of rotatable bonds is 8. The van der Waals surface area contributed by atoms with Crippen molar-refractivity contribution in [3.63, 3.8) is 0 Å². The summed E-state index contributed by atoms with van der Waals surface area (Å²) in [6.07, 6.45) is 13.4. The highest BCUT2D eigenvalue weighted by molar-refractivity contribution is 4.93. The van der Waals surface area contributed by atoms with E-state index in [0.29, 0.717) is 6.04 Å². The molecule has 1 unspecified atom stereocenters. The fourth-order valence-corrected chi connectivity index (χ4v) is 2.53. The van der Waals surface area contributed by atoms with Gasteiger partial charge in [-0.3, -0.25) is 0 Å². The fraction of sp³-hybridized carbons (Fsp3) is 0.857. The molecule has 2 heteroatoms. The van der Waals surface area contributed by atoms with E-state index in [1.165, 1.54) is 25.7 Å². The van der Waals surface area contributed by atoms with Crippen LogP contribution >= 0.6 is 0 Å². The highest BCUT2D eigenvalue weighted by Gasteiger charge is 2.38. The van der Waals surface area contributed by atoms with Crippen LogP contribution in [0.15, 0.2) is 0 Å². The van der Waals surface area contributed by atoms with Gasteiger partial charge in [0.15, 0.2) is 0 Å². The standard InChI is InChI=1S/C14H25NO/c1-4-6-7-9-13(15-5-2)12-14(16-3)10-8-11-14/h1,13,15H,5-12H2,2-3H3. The van der Waals surface area contributed by atoms with Gasteiger partial charge in [-0.15, -0.1) is 12.3 Å². The lowest BCUT2D eigenvalue weighted by Crippen LogP contribution is -2.45. The second-order valence-corrected chi connectivity index (χ2v) is 4.80. The van der Waals surface area contributed by atoms with Crippen molar-refractivity contribution in [3.05, 3.63) is 0 Å². The van der Waals surface area contributed by atoms with Crippen molar-refractivity contribution >= 4 is 0 Å². The molecule has 1 N–H and O–H groups in total. The summed E-state index contributed by atoms with van der Waals surface area (Å²) in [5.74, 6) is 2.71. The van der Waals surface area contributed by atoms with E-state index in [4.69, 9.17) is 11.2 Å². The van der Waals surface area contributed by atoms with Crippen molar-refractivity contribution in [1.82, 2.24) is 5.32 Å². The predicted octanol–water partition coefficient (Wildman–Crippen LogP) is 2.73. The molecule has 0 saturated heterocycles. The highest BCUT2D eigenvalue weighted by Crippen LogP contribution is 2.39. The van der Waals surface area contributed by atoms with Gasteiger partial charge in [0.1, 0.15) is 0 Å². The minimum Gasteiger partial charge on any atom is -0.378 e. The maximum atomic E-state index is 5.68. The van der Waals surface area contributed by atoms with Crippen LogP contribution in [0.5, 0.6) is 0 Å². The molecule has 1 saturated carbocycles. The quantitative estimate of drug-likeness (QED) is 0.504. The molecule has 1 rings (SSSR count). The minimum absolute atomic E-state index is 0.170. The van der Waals surface area contributed by atoms with Gasteiger partial charge in [-0.05, 0) is 45.1 Å². The lowest BCUT2D eigenvalue weighted by molar-refractivity contribution is -0.0838. The van der Waals surface area contributed by atoms with E-state index in [1.807, 2.05) is 7.11 Å². The topological polar surface area (TPSA) is 21.3 Å². The fourth-order valence-electron chi connectivity index (χ4n) is 2.53. The third-order valence-corrected chi connectivity index (χ3v) is 3.68. The van der Waals surface area contributed by atoms with Gasteiger partial charge in [0.05, 0.1) is 5.60 Å². The summed E-state index contributed by atoms with van der Waals surface area (Å²) in [6, 6.07) is 0.568. The summed E-state index contributed by atoms with van der Waals surface area (Å²) >= 11 is 0. The van der Waals surface area contributed by atoms with E-state index >= 15 is 0 Å². The molecule has 92 valence electrons. The Hall–Kier alpha value is -0.520. The molecule has 16 heavy (non-hydrogen) atoms. The number of hydrogen-bond acceptors (Lipinski definition) is 2. The summed E-state index contributed by atoms with van der Waals surface area (Å²) in [5.41, 5.74) is 0.170. The number of ether oxygens (including phenoxy) is 1. The van der Waals surface area contributed by atoms with Crippen LogP contribution in [-0.4, -0.2) is 25.3 Å². The third kappa shape index (κ3) is 3.81. The van der Waals surface area contributed by atoms with Gasteiger partial charge in [0.2, 0.25) is 0 Å². The molecule has 0 aromatic rings. The van der Waals surface area contributed by atoms with Crippen LogP contribution < -0.4 is 5.32 Å². The van der Waals surface area contributed by atoms with Crippen molar-refractivity contribution in [1.29, 1.82) is 0 Å². The second kappa shape index (κ2) is 6.93. The zero-order valence-corrected chi connectivity index (χ0v) is 10.7. The average Bonchev–Trinajstić information content (AvgIpc) is 2.23. The van der Waals surface area contributed by atoms with Gasteiger partial charge in [-0.25, -0.2) is 0 Å². The van der Waals surface area contributed by atoms with E-state index < -0.39 is 0 Å². The van der Waals surface area contributed by atoms with Crippen LogP contribution in [0.4, 0.5) is 0 Å². The minimum atomic E-state index is 0.170. The van der Waals surface area contributed by atoms with Gasteiger partial charge in [0, 0.05) is 19.6 Å². The predicted molar refractivity (Wildman–Crippen MR) is 68.4 cm³/mol. The number of hydrogen-bond donors (Lipinski definition) is 1. The van der Waals surface area contributed by atoms with Gasteiger partial charge in [0.25, 0.3) is 0 Å². The SMILES string of the molecule is C#CCCCC(CC1(OC)CCC1)NCC. The number of methoxy groups -OCH3 is 1. The van der Waals surface area contributed by atoms with Crippen LogP contribution in [0.3, 0.4) is 0 Å². The van der Waals surface area contributed by atoms with Crippen molar-refractivity contribution in [2.24, 2.45) is 0 Å². The third-order valence-electron chi connectivity index (χ3n) is 3.68. The first-order chi connectivity index (χ1) is 7.76. The molecule has 0 aromatic heterocycles. The lowest BCUT2D eigenvalue weighted by Gasteiger charge is -2.43. The summed E-state index contributed by atoms with van der Waals surface area (Å²) in [7, 11) is 1.85. The van der Waals surface area contributed by atoms with Gasteiger partial charge >= 0.3 is 0 Å². The Morgan fingerprint density at radius 2 is 2.25 bits per heavy atom. The molecule has 0 spiro atoms. The summed E-state index contributed by atoms with van der Waals surface area (Å²) in [4.78, 5) is 0. The van der Waals surface area contributed by atoms with Crippen LogP contribution in [0, 0.1) is 12.3 Å². The molecule has 1 aliphatic carbocycles. The number of nitrogens with one attached hydrogen (secondary N) is 1. The zero-order chi connectivity index (χ0) is 11.9. The Morgan fingerprint density at radius 3 is 2.69 bits per heavy atom. The van der Waals surface area contributed by atoms with E-state index in [0.717, 1.165) is 25.8 Å². The van der Waals surface area contributed by atoms with Crippen LogP contribution in [-0.2, 0) is 4.74 Å². The normalized spacial score (nSPS) is 19.8. The first kappa shape index (κ1) is 13.5. The van der Waals surface area contributed by atoms with Crippen molar-refractivity contribution in [3.8, 4) is 12.3 Å². The summed E-state index contributed by atoms with van der Waals surface area (Å²) in [5, 5.41) is 3.55. The van der Waals surface area contributed by atoms with E-state index in [9.17, 15) is 0 Å². The van der Waals surface area contributed by atoms with Crippen molar-refractivity contribution < 1.29 is 4.74 Å². The Kier molecular flexibility index (Phi) is 5.87. The maximum absolute atomic E-state index is 5.68. The molecule has 0 amide bonds. The van der Waals surface area contributed by atoms with Crippen molar-refractivity contribution in [2.75, 3.05) is 13.7 Å². The van der Waals surface area contributed by atoms with Crippen LogP contribution in [0.25, 0.3) is 0 Å². The smallest absolute Gasteiger partial charge is 0.0693 e. The first-order valence-corrected chi connectivity index (χ1v) is 6.48. The second-order valence-electron chi connectivity index (χ2n) is 4.80. The Balaban J connectivity index is 2.34. The van der Waals surface area contributed by atoms with Gasteiger partial charge in [-0.1, -0.05) is 6.92 Å². The molecular weight excluding hydrogens is 198 g/mol. The molecule has 1 aliphatic rings. The Bertz CT molecular complexity index is 222. The van der Waals surface area contributed by atoms with E-state index in [-0.39, 0.29) is 5.60 Å². The summed E-state index contributed by atoms with van der Waals surface area (Å²) < 4.78 is 5.68. The molecular formula is C14H25NO. The molecule has 0 heterocycles. The van der Waals surface area contributed by atoms with E-state index in [1.54, 1.807) is 0 Å². The largest absolute Gasteiger partial charge is 0.378 e. The zero-order valence-electron chi connectivity index (χ0n) is 10.7. The molecule has 0 aromatic carbocycles. The lowest BCUT2D eigenvalue weighted by atomic mass is 9.75. The maximum Gasteiger partial charge on any atom is 0.0693 e. The van der Waals surface area contributed by atoms with Crippen molar-refractivity contribution in [2.45, 2.75) is 63.5 Å². The Morgan fingerprint density at radius 1 is 1.50 bits per heavy atom. The molecule has 0 bridgehead atoms.